The van der Waals surface area contributed by atoms with Crippen LogP contribution in [-0.4, -0.2) is 28.8 Å². The SMILES string of the molecule is CCC1(CC)NC(=O)CN(Cc2cccc(F)c2F)C1=O. The van der Waals surface area contributed by atoms with E-state index in [1.54, 1.807) is 0 Å². The monoisotopic (exact) mass is 296 g/mol. The van der Waals surface area contributed by atoms with Crippen molar-refractivity contribution < 1.29 is 18.4 Å². The first-order valence-electron chi connectivity index (χ1n) is 6.96. The molecule has 1 saturated heterocycles. The maximum Gasteiger partial charge on any atom is 0.249 e. The summed E-state index contributed by atoms with van der Waals surface area (Å²) in [6, 6.07) is 3.82. The molecule has 0 aliphatic carbocycles. The lowest BCUT2D eigenvalue weighted by Gasteiger charge is -2.41. The lowest BCUT2D eigenvalue weighted by molar-refractivity contribution is -0.151. The minimum Gasteiger partial charge on any atom is -0.340 e. The Bertz CT molecular complexity index is 571. The van der Waals surface area contributed by atoms with E-state index in [-0.39, 0.29) is 30.5 Å². The van der Waals surface area contributed by atoms with E-state index in [9.17, 15) is 18.4 Å². The highest BCUT2D eigenvalue weighted by molar-refractivity contribution is 5.97. The third-order valence-corrected chi connectivity index (χ3v) is 4.01. The highest BCUT2D eigenvalue weighted by Gasteiger charge is 2.44. The van der Waals surface area contributed by atoms with Crippen LogP contribution in [0.1, 0.15) is 32.3 Å². The summed E-state index contributed by atoms with van der Waals surface area (Å²) in [5.74, 6) is -2.47. The predicted molar refractivity (Wildman–Crippen MR) is 73.2 cm³/mol. The highest BCUT2D eigenvalue weighted by Crippen LogP contribution is 2.24. The Morgan fingerprint density at radius 2 is 1.90 bits per heavy atom. The lowest BCUT2D eigenvalue weighted by atomic mass is 9.88. The molecule has 1 aliphatic heterocycles. The number of nitrogens with one attached hydrogen (secondary N) is 1. The molecule has 6 heteroatoms. The average molecular weight is 296 g/mol. The molecule has 0 bridgehead atoms. The van der Waals surface area contributed by atoms with Crippen LogP contribution in [0.4, 0.5) is 8.78 Å². The summed E-state index contributed by atoms with van der Waals surface area (Å²) in [6.45, 7) is 3.37. The number of nitrogens with zero attached hydrogens (tertiary/aromatic N) is 1. The molecular weight excluding hydrogens is 278 g/mol. The molecule has 2 rings (SSSR count). The number of benzene rings is 1. The zero-order valence-electron chi connectivity index (χ0n) is 12.1. The molecule has 0 aromatic heterocycles. The fourth-order valence-electron chi connectivity index (χ4n) is 2.64. The molecule has 1 heterocycles. The molecule has 0 saturated carbocycles. The first kappa shape index (κ1) is 15.4. The molecule has 21 heavy (non-hydrogen) atoms. The van der Waals surface area contributed by atoms with Gasteiger partial charge in [0.25, 0.3) is 0 Å². The van der Waals surface area contributed by atoms with Crippen LogP contribution in [0.2, 0.25) is 0 Å². The minimum absolute atomic E-state index is 0.0687. The number of rotatable bonds is 4. The van der Waals surface area contributed by atoms with Crippen molar-refractivity contribution in [1.29, 1.82) is 0 Å². The predicted octanol–water partition coefficient (Wildman–Crippen LogP) is 1.98. The van der Waals surface area contributed by atoms with E-state index in [0.717, 1.165) is 6.07 Å². The Morgan fingerprint density at radius 3 is 2.52 bits per heavy atom. The molecular formula is C15H18F2N2O2. The summed E-state index contributed by atoms with van der Waals surface area (Å²) < 4.78 is 27.0. The minimum atomic E-state index is -0.977. The quantitative estimate of drug-likeness (QED) is 0.923. The van der Waals surface area contributed by atoms with Crippen LogP contribution in [-0.2, 0) is 16.1 Å². The molecule has 0 radical (unpaired) electrons. The van der Waals surface area contributed by atoms with E-state index in [2.05, 4.69) is 5.32 Å². The van der Waals surface area contributed by atoms with Gasteiger partial charge >= 0.3 is 0 Å². The van der Waals surface area contributed by atoms with Crippen LogP contribution >= 0.6 is 0 Å². The Labute approximate surface area is 122 Å². The smallest absolute Gasteiger partial charge is 0.249 e. The van der Waals surface area contributed by atoms with Crippen molar-refractivity contribution in [1.82, 2.24) is 10.2 Å². The molecule has 114 valence electrons. The van der Waals surface area contributed by atoms with Gasteiger partial charge in [0.15, 0.2) is 11.6 Å². The Hall–Kier alpha value is -1.98. The normalized spacial score (nSPS) is 17.8. The summed E-state index contributed by atoms with van der Waals surface area (Å²) >= 11 is 0. The number of hydrogen-bond donors (Lipinski definition) is 1. The van der Waals surface area contributed by atoms with Gasteiger partial charge in [-0.25, -0.2) is 8.78 Å². The van der Waals surface area contributed by atoms with Crippen LogP contribution in [0.15, 0.2) is 18.2 Å². The molecule has 1 fully saturated rings. The van der Waals surface area contributed by atoms with E-state index in [1.807, 2.05) is 13.8 Å². The van der Waals surface area contributed by atoms with Crippen molar-refractivity contribution in [2.24, 2.45) is 0 Å². The third-order valence-electron chi connectivity index (χ3n) is 4.01. The van der Waals surface area contributed by atoms with Gasteiger partial charge in [-0.1, -0.05) is 26.0 Å². The van der Waals surface area contributed by atoms with Gasteiger partial charge < -0.3 is 10.2 Å². The number of piperazine rings is 1. The maximum absolute atomic E-state index is 13.7. The van der Waals surface area contributed by atoms with Gasteiger partial charge in [-0.2, -0.15) is 0 Å². The Balaban J connectivity index is 2.28. The molecule has 1 N–H and O–H groups in total. The van der Waals surface area contributed by atoms with Gasteiger partial charge in [0.05, 0.1) is 6.54 Å². The Kier molecular flexibility index (Phi) is 4.25. The molecule has 0 spiro atoms. The molecule has 0 unspecified atom stereocenters. The van der Waals surface area contributed by atoms with Crippen LogP contribution in [0.25, 0.3) is 0 Å². The third kappa shape index (κ3) is 2.75. The van der Waals surface area contributed by atoms with Crippen LogP contribution in [0.3, 0.4) is 0 Å². The molecule has 4 nitrogen and oxygen atoms in total. The standard InChI is InChI=1S/C15H18F2N2O2/c1-3-15(4-2)14(21)19(9-12(20)18-15)8-10-6-5-7-11(16)13(10)17/h5-7H,3-4,8-9H2,1-2H3,(H,18,20). The van der Waals surface area contributed by atoms with E-state index >= 15 is 0 Å². The summed E-state index contributed by atoms with van der Waals surface area (Å²) in [5, 5.41) is 2.72. The zero-order chi connectivity index (χ0) is 15.6. The van der Waals surface area contributed by atoms with Crippen molar-refractivity contribution in [3.63, 3.8) is 0 Å². The van der Waals surface area contributed by atoms with Crippen LogP contribution in [0.5, 0.6) is 0 Å². The maximum atomic E-state index is 13.7. The van der Waals surface area contributed by atoms with Gasteiger partial charge in [0, 0.05) is 12.1 Å². The number of carbonyl (C=O) groups is 2. The first-order valence-corrected chi connectivity index (χ1v) is 6.96. The van der Waals surface area contributed by atoms with Gasteiger partial charge in [0.2, 0.25) is 11.8 Å². The van der Waals surface area contributed by atoms with E-state index < -0.39 is 17.2 Å². The second-order valence-corrected chi connectivity index (χ2v) is 5.21. The van der Waals surface area contributed by atoms with E-state index in [4.69, 9.17) is 0 Å². The van der Waals surface area contributed by atoms with E-state index in [1.165, 1.54) is 17.0 Å². The van der Waals surface area contributed by atoms with Crippen molar-refractivity contribution in [2.45, 2.75) is 38.8 Å². The van der Waals surface area contributed by atoms with Gasteiger partial charge in [-0.05, 0) is 18.9 Å². The number of carbonyl (C=O) groups excluding carboxylic acids is 2. The van der Waals surface area contributed by atoms with Gasteiger partial charge in [-0.15, -0.1) is 0 Å². The second kappa shape index (κ2) is 5.79. The summed E-state index contributed by atoms with van der Waals surface area (Å²) in [4.78, 5) is 25.7. The van der Waals surface area contributed by atoms with Crippen molar-refractivity contribution in [2.75, 3.05) is 6.54 Å². The fraction of sp³-hybridized carbons (Fsp3) is 0.467. The molecule has 1 aromatic carbocycles. The average Bonchev–Trinajstić information content (AvgIpc) is 2.47. The van der Waals surface area contributed by atoms with Gasteiger partial charge in [-0.3, -0.25) is 9.59 Å². The summed E-state index contributed by atoms with van der Waals surface area (Å²) in [5.41, 5.74) is -0.877. The number of amides is 2. The first-order chi connectivity index (χ1) is 9.93. The van der Waals surface area contributed by atoms with Crippen molar-refractivity contribution >= 4 is 11.8 Å². The molecule has 1 aromatic rings. The molecule has 2 amide bonds. The number of hydrogen-bond acceptors (Lipinski definition) is 2. The van der Waals surface area contributed by atoms with Crippen LogP contribution in [0, 0.1) is 11.6 Å². The number of halogens is 2. The largest absolute Gasteiger partial charge is 0.340 e. The van der Waals surface area contributed by atoms with E-state index in [0.29, 0.717) is 12.8 Å². The zero-order valence-corrected chi connectivity index (χ0v) is 12.1. The van der Waals surface area contributed by atoms with Gasteiger partial charge in [0.1, 0.15) is 5.54 Å². The topological polar surface area (TPSA) is 49.4 Å². The fourth-order valence-corrected chi connectivity index (χ4v) is 2.64. The Morgan fingerprint density at radius 1 is 1.24 bits per heavy atom. The lowest BCUT2D eigenvalue weighted by Crippen LogP contribution is -2.65. The van der Waals surface area contributed by atoms with Crippen LogP contribution < -0.4 is 5.32 Å². The highest BCUT2D eigenvalue weighted by atomic mass is 19.2. The summed E-state index contributed by atoms with van der Waals surface area (Å²) in [7, 11) is 0. The molecule has 0 atom stereocenters. The summed E-state index contributed by atoms with van der Waals surface area (Å²) in [6.07, 6.45) is 0.909. The van der Waals surface area contributed by atoms with Crippen molar-refractivity contribution in [3.8, 4) is 0 Å². The molecule has 1 aliphatic rings. The second-order valence-electron chi connectivity index (χ2n) is 5.21. The van der Waals surface area contributed by atoms with Crippen molar-refractivity contribution in [3.05, 3.63) is 35.4 Å².